The predicted octanol–water partition coefficient (Wildman–Crippen LogP) is 6.47. The van der Waals surface area contributed by atoms with Crippen molar-refractivity contribution in [2.75, 3.05) is 33.9 Å². The molecule has 1 aliphatic rings. The van der Waals surface area contributed by atoms with E-state index in [1.807, 2.05) is 49.4 Å². The first-order valence-electron chi connectivity index (χ1n) is 13.9. The smallest absolute Gasteiger partial charge is 0.228 e. The van der Waals surface area contributed by atoms with E-state index in [1.165, 1.54) is 14.2 Å². The van der Waals surface area contributed by atoms with Crippen molar-refractivity contribution in [2.45, 2.75) is 43.4 Å². The number of halogens is 2. The third-order valence-corrected chi connectivity index (χ3v) is 9.30. The summed E-state index contributed by atoms with van der Waals surface area (Å²) in [6.07, 6.45) is 2.09. The Bertz CT molecular complexity index is 1430. The number of primary amides is 1. The van der Waals surface area contributed by atoms with E-state index in [1.54, 1.807) is 24.3 Å². The minimum Gasteiger partial charge on any atom is -0.497 e. The fourth-order valence-electron chi connectivity index (χ4n) is 5.79. The number of piperidine rings is 1. The second-order valence-corrected chi connectivity index (χ2v) is 12.0. The van der Waals surface area contributed by atoms with Gasteiger partial charge in [-0.05, 0) is 79.7 Å². The van der Waals surface area contributed by atoms with Gasteiger partial charge in [-0.15, -0.1) is 0 Å². The molecule has 7 nitrogen and oxygen atoms in total. The summed E-state index contributed by atoms with van der Waals surface area (Å²) < 4.78 is 10.6. The van der Waals surface area contributed by atoms with Crippen LogP contribution in [0.4, 0.5) is 0 Å². The monoisotopic (exact) mass is 609 g/mol. The van der Waals surface area contributed by atoms with Crippen molar-refractivity contribution >= 4 is 40.6 Å². The van der Waals surface area contributed by atoms with Gasteiger partial charge in [0.05, 0.1) is 35.4 Å². The standard InChI is InChI=1S/C33H37Cl2N3O4/c1-32(24-9-10-27(34)28(35)19-24,21-29(36)30(39)22-17-25(41-2)20-26(18-22)42-3)11-14-38-15-12-33(13-16-38,31(37)40)23-7-5-4-6-8-23/h4-10,17-20,36H,11-16,21H2,1-3H3,(H2,37,40). The molecule has 1 aliphatic heterocycles. The number of ether oxygens (including phenoxy) is 2. The van der Waals surface area contributed by atoms with Gasteiger partial charge in [-0.1, -0.05) is 66.5 Å². The van der Waals surface area contributed by atoms with Gasteiger partial charge >= 0.3 is 0 Å². The zero-order valence-corrected chi connectivity index (χ0v) is 25.7. The normalized spacial score (nSPS) is 16.3. The Balaban J connectivity index is 1.54. The highest BCUT2D eigenvalue weighted by molar-refractivity contribution is 6.45. The first-order chi connectivity index (χ1) is 20.0. The quantitative estimate of drug-likeness (QED) is 0.181. The number of benzene rings is 3. The van der Waals surface area contributed by atoms with Crippen LogP contribution >= 0.6 is 23.2 Å². The Morgan fingerprint density at radius 1 is 0.952 bits per heavy atom. The number of methoxy groups -OCH3 is 2. The summed E-state index contributed by atoms with van der Waals surface area (Å²) in [7, 11) is 3.03. The van der Waals surface area contributed by atoms with Crippen molar-refractivity contribution in [2.24, 2.45) is 5.73 Å². The number of Topliss-reactive ketones (excluding diaryl/α,β-unsaturated/α-hetero) is 1. The van der Waals surface area contributed by atoms with Crippen LogP contribution in [0.5, 0.6) is 11.5 Å². The van der Waals surface area contributed by atoms with Crippen LogP contribution in [0.1, 0.15) is 54.1 Å². The number of nitrogens with zero attached hydrogens (tertiary/aromatic N) is 1. The number of ketones is 1. The van der Waals surface area contributed by atoms with Gasteiger partial charge in [0.25, 0.3) is 0 Å². The van der Waals surface area contributed by atoms with Gasteiger partial charge in [0.15, 0.2) is 0 Å². The van der Waals surface area contributed by atoms with Crippen LogP contribution in [0.3, 0.4) is 0 Å². The molecule has 3 N–H and O–H groups in total. The number of likely N-dealkylation sites (tertiary alicyclic amines) is 1. The Kier molecular flexibility index (Phi) is 9.97. The van der Waals surface area contributed by atoms with Crippen molar-refractivity contribution < 1.29 is 19.1 Å². The molecular formula is C33H37Cl2N3O4. The highest BCUT2D eigenvalue weighted by Gasteiger charge is 2.42. The Morgan fingerprint density at radius 2 is 1.57 bits per heavy atom. The zero-order chi connectivity index (χ0) is 30.5. The minimum absolute atomic E-state index is 0.0330. The molecule has 4 rings (SSSR count). The van der Waals surface area contributed by atoms with Gasteiger partial charge in [0.1, 0.15) is 11.5 Å². The van der Waals surface area contributed by atoms with Crippen LogP contribution in [-0.4, -0.2) is 56.2 Å². The highest BCUT2D eigenvalue weighted by atomic mass is 35.5. The van der Waals surface area contributed by atoms with E-state index in [4.69, 9.17) is 43.8 Å². The van der Waals surface area contributed by atoms with E-state index >= 15 is 0 Å². The Hall–Kier alpha value is -3.39. The second-order valence-electron chi connectivity index (χ2n) is 11.2. The molecule has 9 heteroatoms. The summed E-state index contributed by atoms with van der Waals surface area (Å²) in [6.45, 7) is 4.15. The number of carbonyl (C=O) groups excluding carboxylic acids is 2. The fourth-order valence-corrected chi connectivity index (χ4v) is 6.09. The molecule has 0 aliphatic carbocycles. The van der Waals surface area contributed by atoms with Crippen LogP contribution in [0.2, 0.25) is 10.0 Å². The van der Waals surface area contributed by atoms with Gasteiger partial charge in [0, 0.05) is 18.1 Å². The molecule has 0 spiro atoms. The Morgan fingerprint density at radius 3 is 2.12 bits per heavy atom. The minimum atomic E-state index is -0.683. The molecule has 3 aromatic carbocycles. The van der Waals surface area contributed by atoms with Crippen molar-refractivity contribution in [1.29, 1.82) is 5.41 Å². The molecule has 1 heterocycles. The third kappa shape index (κ3) is 6.80. The molecular weight excluding hydrogens is 573 g/mol. The molecule has 0 saturated carbocycles. The predicted molar refractivity (Wildman–Crippen MR) is 168 cm³/mol. The van der Waals surface area contributed by atoms with Crippen LogP contribution in [-0.2, 0) is 15.6 Å². The number of amides is 1. The van der Waals surface area contributed by atoms with E-state index in [9.17, 15) is 9.59 Å². The van der Waals surface area contributed by atoms with E-state index < -0.39 is 16.6 Å². The van der Waals surface area contributed by atoms with Crippen LogP contribution in [0, 0.1) is 5.41 Å². The van der Waals surface area contributed by atoms with Gasteiger partial charge in [-0.3, -0.25) is 9.59 Å². The molecule has 1 atom stereocenters. The van der Waals surface area contributed by atoms with Crippen molar-refractivity contribution in [1.82, 2.24) is 4.90 Å². The number of rotatable bonds is 12. The van der Waals surface area contributed by atoms with Gasteiger partial charge < -0.3 is 25.5 Å². The van der Waals surface area contributed by atoms with E-state index in [-0.39, 0.29) is 18.0 Å². The first-order valence-corrected chi connectivity index (χ1v) is 14.7. The number of nitrogens with one attached hydrogen (secondary N) is 1. The van der Waals surface area contributed by atoms with Crippen LogP contribution < -0.4 is 15.2 Å². The summed E-state index contributed by atoms with van der Waals surface area (Å²) in [5.74, 6) is 0.261. The maximum absolute atomic E-state index is 13.5. The largest absolute Gasteiger partial charge is 0.497 e. The molecule has 0 radical (unpaired) electrons. The van der Waals surface area contributed by atoms with Gasteiger partial charge in [0.2, 0.25) is 11.7 Å². The van der Waals surface area contributed by atoms with Gasteiger partial charge in [-0.2, -0.15) is 0 Å². The number of hydrogen-bond acceptors (Lipinski definition) is 6. The highest BCUT2D eigenvalue weighted by Crippen LogP contribution is 2.39. The molecule has 0 aromatic heterocycles. The summed E-state index contributed by atoms with van der Waals surface area (Å²) in [5.41, 5.74) is 6.81. The average molecular weight is 611 g/mol. The average Bonchev–Trinajstić information content (AvgIpc) is 3.01. The molecule has 1 saturated heterocycles. The van der Waals surface area contributed by atoms with Crippen LogP contribution in [0.15, 0.2) is 66.7 Å². The van der Waals surface area contributed by atoms with Crippen molar-refractivity contribution in [3.05, 3.63) is 93.5 Å². The van der Waals surface area contributed by atoms with Crippen molar-refractivity contribution in [3.8, 4) is 11.5 Å². The molecule has 0 bridgehead atoms. The van der Waals surface area contributed by atoms with Gasteiger partial charge in [-0.25, -0.2) is 0 Å². The second kappa shape index (κ2) is 13.3. The summed E-state index contributed by atoms with van der Waals surface area (Å²) in [4.78, 5) is 28.4. The molecule has 1 fully saturated rings. The molecule has 1 unspecified atom stereocenters. The number of nitrogens with two attached hydrogens (primary N) is 1. The summed E-state index contributed by atoms with van der Waals surface area (Å²) >= 11 is 12.6. The van der Waals surface area contributed by atoms with Crippen molar-refractivity contribution in [3.63, 3.8) is 0 Å². The summed E-state index contributed by atoms with van der Waals surface area (Å²) in [6, 6.07) is 20.1. The third-order valence-electron chi connectivity index (χ3n) is 8.56. The fraction of sp³-hybridized carbons (Fsp3) is 0.364. The maximum atomic E-state index is 13.5. The SMILES string of the molecule is COc1cc(OC)cc(C(=O)C(=N)CC(C)(CCN2CCC(C(N)=O)(c3ccccc3)CC2)c2ccc(Cl)c(Cl)c2)c1. The van der Waals surface area contributed by atoms with Crippen LogP contribution in [0.25, 0.3) is 0 Å². The Labute approximate surface area is 257 Å². The molecule has 1 amide bonds. The lowest BCUT2D eigenvalue weighted by atomic mass is 9.71. The molecule has 42 heavy (non-hydrogen) atoms. The van der Waals surface area contributed by atoms with E-state index in [0.717, 1.165) is 11.1 Å². The number of carbonyl (C=O) groups is 2. The molecule has 3 aromatic rings. The van der Waals surface area contributed by atoms with E-state index in [0.29, 0.717) is 66.0 Å². The number of hydrogen-bond donors (Lipinski definition) is 2. The maximum Gasteiger partial charge on any atom is 0.228 e. The molecule has 222 valence electrons. The summed E-state index contributed by atoms with van der Waals surface area (Å²) in [5, 5.41) is 9.71. The lowest BCUT2D eigenvalue weighted by Crippen LogP contribution is -2.50. The van der Waals surface area contributed by atoms with E-state index in [2.05, 4.69) is 4.90 Å². The topological polar surface area (TPSA) is 106 Å². The first kappa shape index (κ1) is 31.5. The zero-order valence-electron chi connectivity index (χ0n) is 24.2. The lowest BCUT2D eigenvalue weighted by molar-refractivity contribution is -0.125. The lowest BCUT2D eigenvalue weighted by Gasteiger charge is -2.41.